The van der Waals surface area contributed by atoms with Crippen LogP contribution in [-0.2, 0) is 25.2 Å². The minimum atomic E-state index is -1.61. The van der Waals surface area contributed by atoms with E-state index in [1.165, 1.54) is 0 Å². The third-order valence-electron chi connectivity index (χ3n) is 4.42. The molecule has 0 saturated carbocycles. The molecule has 0 aliphatic carbocycles. The zero-order valence-electron chi connectivity index (χ0n) is 13.7. The fourth-order valence-electron chi connectivity index (χ4n) is 3.17. The number of ether oxygens (including phenoxy) is 1. The molecule has 8 nitrogen and oxygen atoms in total. The van der Waals surface area contributed by atoms with Crippen molar-refractivity contribution in [2.45, 2.75) is 36.1 Å². The molecule has 1 aromatic rings. The molecule has 2 N–H and O–H groups in total. The van der Waals surface area contributed by atoms with Crippen LogP contribution in [0.15, 0.2) is 30.3 Å². The van der Waals surface area contributed by atoms with Gasteiger partial charge in [-0.05, 0) is 26.0 Å². The second-order valence-electron chi connectivity index (χ2n) is 6.42. The number of rotatable bonds is 5. The summed E-state index contributed by atoms with van der Waals surface area (Å²) in [5.41, 5.74) is 0. The highest BCUT2D eigenvalue weighted by Gasteiger charge is 2.68. The number of benzene rings is 1. The van der Waals surface area contributed by atoms with Crippen molar-refractivity contribution in [3.63, 3.8) is 0 Å². The molecule has 2 aliphatic rings. The average molecular weight is 366 g/mol. The zero-order chi connectivity index (χ0) is 18.4. The highest BCUT2D eigenvalue weighted by Crippen LogP contribution is 2.43. The first kappa shape index (κ1) is 17.4. The van der Waals surface area contributed by atoms with Crippen molar-refractivity contribution in [2.75, 3.05) is 6.61 Å². The number of para-hydroxylation sites is 1. The average Bonchev–Trinajstić information content (AvgIpc) is 2.76. The highest BCUT2D eigenvalue weighted by molar-refractivity contribution is 7.87. The number of nitrogens with zero attached hydrogens (tertiary/aromatic N) is 1. The molecule has 2 aliphatic heterocycles. The summed E-state index contributed by atoms with van der Waals surface area (Å²) in [4.78, 5) is 36.8. The Bertz CT molecular complexity index is 750. The fourth-order valence-corrected chi connectivity index (χ4v) is 5.09. The van der Waals surface area contributed by atoms with Crippen molar-refractivity contribution >= 4 is 28.6 Å². The third kappa shape index (κ3) is 2.78. The maximum absolute atomic E-state index is 12.6. The minimum absolute atomic E-state index is 0.293. The Balaban J connectivity index is 1.65. The number of hydrogen-bond acceptors (Lipinski definition) is 5. The second kappa shape index (κ2) is 6.14. The third-order valence-corrected chi connectivity index (χ3v) is 6.62. The maximum Gasteiger partial charge on any atom is 0.328 e. The van der Waals surface area contributed by atoms with E-state index < -0.39 is 50.8 Å². The smallest absolute Gasteiger partial charge is 0.328 e. The number of β-lactam (4-membered cyclic amide) rings is 1. The molecule has 9 heteroatoms. The molecule has 0 bridgehead atoms. The van der Waals surface area contributed by atoms with Crippen LogP contribution in [0.3, 0.4) is 0 Å². The SMILES string of the molecule is CC1(C)[C@H](C(=O)O)N2C(=O)[C@@H](NC(=O)COc3ccccc3)[C@H]2[S@@]1=O. The van der Waals surface area contributed by atoms with E-state index >= 15 is 0 Å². The van der Waals surface area contributed by atoms with Crippen LogP contribution >= 0.6 is 0 Å². The molecule has 0 aromatic heterocycles. The monoisotopic (exact) mass is 366 g/mol. The molecule has 2 saturated heterocycles. The topological polar surface area (TPSA) is 113 Å². The zero-order valence-corrected chi connectivity index (χ0v) is 14.5. The van der Waals surface area contributed by atoms with E-state index in [2.05, 4.69) is 5.32 Å². The van der Waals surface area contributed by atoms with E-state index in [9.17, 15) is 23.7 Å². The largest absolute Gasteiger partial charge is 0.484 e. The van der Waals surface area contributed by atoms with Crippen molar-refractivity contribution in [3.05, 3.63) is 30.3 Å². The Kier molecular flexibility index (Phi) is 4.28. The van der Waals surface area contributed by atoms with Gasteiger partial charge in [-0.1, -0.05) is 18.2 Å². The molecule has 25 heavy (non-hydrogen) atoms. The lowest BCUT2D eigenvalue weighted by atomic mass is 9.96. The van der Waals surface area contributed by atoms with Crippen LogP contribution in [0.1, 0.15) is 13.8 Å². The van der Waals surface area contributed by atoms with Gasteiger partial charge in [0.1, 0.15) is 23.2 Å². The number of hydrogen-bond donors (Lipinski definition) is 2. The van der Waals surface area contributed by atoms with Crippen LogP contribution in [0.2, 0.25) is 0 Å². The van der Waals surface area contributed by atoms with Gasteiger partial charge in [0.25, 0.3) is 5.91 Å². The Morgan fingerprint density at radius 3 is 2.56 bits per heavy atom. The van der Waals surface area contributed by atoms with Crippen LogP contribution in [-0.4, -0.2) is 60.8 Å². The van der Waals surface area contributed by atoms with E-state index in [0.29, 0.717) is 5.75 Å². The lowest BCUT2D eigenvalue weighted by Crippen LogP contribution is -2.71. The van der Waals surface area contributed by atoms with E-state index in [0.717, 1.165) is 4.90 Å². The van der Waals surface area contributed by atoms with Crippen molar-refractivity contribution < 1.29 is 28.4 Å². The fraction of sp³-hybridized carbons (Fsp3) is 0.438. The van der Waals surface area contributed by atoms with Crippen LogP contribution in [0.25, 0.3) is 0 Å². The van der Waals surface area contributed by atoms with Gasteiger partial charge in [0, 0.05) is 0 Å². The summed E-state index contributed by atoms with van der Waals surface area (Å²) in [5, 5.41) is 11.0. The first-order valence-electron chi connectivity index (χ1n) is 7.68. The summed E-state index contributed by atoms with van der Waals surface area (Å²) in [6.45, 7) is 2.80. The number of carbonyl (C=O) groups excluding carboxylic acids is 2. The molecule has 4 atom stereocenters. The molecular weight excluding hydrogens is 348 g/mol. The van der Waals surface area contributed by atoms with Crippen LogP contribution < -0.4 is 10.1 Å². The summed E-state index contributed by atoms with van der Waals surface area (Å²) >= 11 is 0. The van der Waals surface area contributed by atoms with Gasteiger partial charge in [0.15, 0.2) is 6.61 Å². The van der Waals surface area contributed by atoms with Gasteiger partial charge >= 0.3 is 5.97 Å². The molecule has 0 spiro atoms. The van der Waals surface area contributed by atoms with E-state index in [-0.39, 0.29) is 6.61 Å². The molecule has 2 fully saturated rings. The molecule has 3 rings (SSSR count). The normalized spacial score (nSPS) is 29.5. The number of carboxylic acids is 1. The molecule has 2 amide bonds. The van der Waals surface area contributed by atoms with Crippen LogP contribution in [0, 0.1) is 0 Å². The first-order chi connectivity index (χ1) is 11.7. The summed E-state index contributed by atoms with van der Waals surface area (Å²) in [5.74, 6) is -1.76. The molecular formula is C16H18N2O6S. The van der Waals surface area contributed by atoms with E-state index in [4.69, 9.17) is 4.74 Å². The molecule has 2 heterocycles. The van der Waals surface area contributed by atoms with Gasteiger partial charge in [-0.3, -0.25) is 13.8 Å². The van der Waals surface area contributed by atoms with Gasteiger partial charge in [-0.2, -0.15) is 0 Å². The van der Waals surface area contributed by atoms with Crippen molar-refractivity contribution in [2.24, 2.45) is 0 Å². The van der Waals surface area contributed by atoms with Gasteiger partial charge < -0.3 is 20.1 Å². The van der Waals surface area contributed by atoms with Gasteiger partial charge in [-0.25, -0.2) is 4.79 Å². The number of aliphatic carboxylic acids is 1. The lowest BCUT2D eigenvalue weighted by Gasteiger charge is -2.42. The van der Waals surface area contributed by atoms with Gasteiger partial charge in [0.05, 0.1) is 15.5 Å². The van der Waals surface area contributed by atoms with Crippen LogP contribution in [0.4, 0.5) is 0 Å². The van der Waals surface area contributed by atoms with E-state index in [1.807, 2.05) is 6.07 Å². The lowest BCUT2D eigenvalue weighted by molar-refractivity contribution is -0.161. The van der Waals surface area contributed by atoms with Gasteiger partial charge in [0.2, 0.25) is 5.91 Å². The number of carbonyl (C=O) groups is 3. The number of amides is 2. The summed E-state index contributed by atoms with van der Waals surface area (Å²) in [6, 6.07) is 6.55. The van der Waals surface area contributed by atoms with Gasteiger partial charge in [-0.15, -0.1) is 0 Å². The molecule has 0 radical (unpaired) electrons. The summed E-state index contributed by atoms with van der Waals surface area (Å²) in [6.07, 6.45) is 0. The highest BCUT2D eigenvalue weighted by atomic mass is 32.2. The first-order valence-corrected chi connectivity index (χ1v) is 8.89. The van der Waals surface area contributed by atoms with Crippen LogP contribution in [0.5, 0.6) is 5.75 Å². The molecule has 0 unspecified atom stereocenters. The van der Waals surface area contributed by atoms with Crippen molar-refractivity contribution in [1.29, 1.82) is 0 Å². The van der Waals surface area contributed by atoms with Crippen molar-refractivity contribution in [3.8, 4) is 5.75 Å². The van der Waals surface area contributed by atoms with Crippen molar-refractivity contribution in [1.82, 2.24) is 10.2 Å². The number of carboxylic acid groups (broad SMARTS) is 1. The Hall–Kier alpha value is -2.42. The second-order valence-corrected chi connectivity index (χ2v) is 8.55. The Morgan fingerprint density at radius 2 is 1.96 bits per heavy atom. The molecule has 1 aromatic carbocycles. The number of nitrogens with one attached hydrogen (secondary N) is 1. The predicted octanol–water partition coefficient (Wildman–Crippen LogP) is -0.287. The Morgan fingerprint density at radius 1 is 1.32 bits per heavy atom. The predicted molar refractivity (Wildman–Crippen MR) is 88.1 cm³/mol. The summed E-state index contributed by atoms with van der Waals surface area (Å²) in [7, 11) is -1.61. The molecule has 134 valence electrons. The number of fused-ring (bicyclic) bond motifs is 1. The quantitative estimate of drug-likeness (QED) is 0.693. The summed E-state index contributed by atoms with van der Waals surface area (Å²) < 4.78 is 16.8. The minimum Gasteiger partial charge on any atom is -0.484 e. The van der Waals surface area contributed by atoms with E-state index in [1.54, 1.807) is 38.1 Å². The Labute approximate surface area is 146 Å². The standard InChI is InChI=1S/C16H18N2O6S/c1-16(2)12(15(21)22)18-13(20)11(14(18)25(16)23)17-10(19)8-24-9-6-4-3-5-7-9/h3-7,11-12,14H,8H2,1-2H3,(H,17,19)(H,21,22)/t11-,12+,14-,25+/m1/s1. The maximum atomic E-state index is 12.6.